The van der Waals surface area contributed by atoms with Crippen molar-refractivity contribution in [2.75, 3.05) is 0 Å². The number of carbonyl (C=O) groups is 1. The Morgan fingerprint density at radius 2 is 1.93 bits per heavy atom. The van der Waals surface area contributed by atoms with Crippen LogP contribution in [0.2, 0.25) is 0 Å². The normalized spacial score (nSPS) is 37.0. The quantitative estimate of drug-likeness (QED) is 0.760. The zero-order chi connectivity index (χ0) is 19.4. The van der Waals surface area contributed by atoms with Gasteiger partial charge in [-0.25, -0.2) is 0 Å². The highest BCUT2D eigenvalue weighted by atomic mass is 16.4. The second-order valence-corrected chi connectivity index (χ2v) is 10.7. The largest absolute Gasteiger partial charge is 0.481 e. The fourth-order valence-electron chi connectivity index (χ4n) is 7.55. The third kappa shape index (κ3) is 2.93. The Kier molecular flexibility index (Phi) is 4.44. The summed E-state index contributed by atoms with van der Waals surface area (Å²) >= 11 is 0. The van der Waals surface area contributed by atoms with Crippen LogP contribution in [0.4, 0.5) is 0 Å². The minimum Gasteiger partial charge on any atom is -0.481 e. The van der Waals surface area contributed by atoms with Crippen LogP contribution in [-0.4, -0.2) is 16.1 Å². The van der Waals surface area contributed by atoms with Gasteiger partial charge >= 0.3 is 5.97 Å². The first-order valence-corrected chi connectivity index (χ1v) is 10.9. The van der Waals surface area contributed by atoms with Crippen molar-refractivity contribution in [2.24, 2.45) is 22.7 Å². The number of aryl methyl sites for hydroxylation is 2. The van der Waals surface area contributed by atoms with Gasteiger partial charge in [-0.15, -0.1) is 0 Å². The molecule has 0 spiro atoms. The first-order valence-electron chi connectivity index (χ1n) is 10.9. The van der Waals surface area contributed by atoms with Crippen LogP contribution in [0.25, 0.3) is 0 Å². The predicted molar refractivity (Wildman–Crippen MR) is 108 cm³/mol. The van der Waals surface area contributed by atoms with Gasteiger partial charge in [0.15, 0.2) is 0 Å². The Balaban J connectivity index is 1.71. The molecule has 1 aromatic heterocycles. The van der Waals surface area contributed by atoms with Crippen LogP contribution in [0.3, 0.4) is 0 Å². The van der Waals surface area contributed by atoms with E-state index in [4.69, 9.17) is 5.11 Å². The van der Waals surface area contributed by atoms with Crippen LogP contribution in [0, 0.1) is 22.7 Å². The van der Waals surface area contributed by atoms with Crippen LogP contribution < -0.4 is 0 Å². The van der Waals surface area contributed by atoms with Crippen LogP contribution in [-0.2, 0) is 23.1 Å². The first kappa shape index (κ1) is 19.0. The van der Waals surface area contributed by atoms with E-state index in [-0.39, 0.29) is 11.8 Å². The zero-order valence-corrected chi connectivity index (χ0v) is 17.5. The molecule has 0 amide bonds. The molecule has 148 valence electrons. The van der Waals surface area contributed by atoms with Gasteiger partial charge in [-0.2, -0.15) is 0 Å². The minimum atomic E-state index is -0.740. The van der Waals surface area contributed by atoms with Gasteiger partial charge in [-0.05, 0) is 83.8 Å². The Labute approximate surface area is 164 Å². The van der Waals surface area contributed by atoms with Gasteiger partial charge < -0.3 is 5.11 Å². The number of aromatic nitrogens is 1. The van der Waals surface area contributed by atoms with Crippen LogP contribution in [0.5, 0.6) is 0 Å². The highest BCUT2D eigenvalue weighted by Crippen LogP contribution is 2.66. The summed E-state index contributed by atoms with van der Waals surface area (Å²) in [7, 11) is 0. The molecule has 0 bridgehead atoms. The van der Waals surface area contributed by atoms with E-state index in [1.807, 2.05) is 6.20 Å². The standard InChI is InChI=1S/C24H35NO2/c1-22(2)11-5-12-24(4)19(22)10-13-23(3)18-14-17(7-9-21(26)27)25-15-16(18)6-8-20(23)24/h14-15,19-20H,5-13H2,1-4H3,(H,26,27)/t19?,20-,23-,24-/m0/s1. The Morgan fingerprint density at radius 3 is 2.67 bits per heavy atom. The molecule has 0 aliphatic heterocycles. The predicted octanol–water partition coefficient (Wildman–Crippen LogP) is 5.55. The monoisotopic (exact) mass is 369 g/mol. The third-order valence-electron chi connectivity index (χ3n) is 8.75. The second-order valence-electron chi connectivity index (χ2n) is 10.7. The Morgan fingerprint density at radius 1 is 1.15 bits per heavy atom. The third-order valence-corrected chi connectivity index (χ3v) is 8.75. The van der Waals surface area contributed by atoms with Gasteiger partial charge in [-0.1, -0.05) is 34.1 Å². The van der Waals surface area contributed by atoms with E-state index in [0.717, 1.165) is 24.0 Å². The summed E-state index contributed by atoms with van der Waals surface area (Å²) < 4.78 is 0. The molecule has 1 heterocycles. The number of carboxylic acid groups (broad SMARTS) is 1. The summed E-state index contributed by atoms with van der Waals surface area (Å²) in [6, 6.07) is 2.27. The van der Waals surface area contributed by atoms with Gasteiger partial charge in [0, 0.05) is 18.3 Å². The lowest BCUT2D eigenvalue weighted by molar-refractivity contribution is -0.136. The van der Waals surface area contributed by atoms with Gasteiger partial charge in [0.05, 0.1) is 6.42 Å². The first-order chi connectivity index (χ1) is 12.7. The van der Waals surface area contributed by atoms with Crippen molar-refractivity contribution in [1.29, 1.82) is 0 Å². The lowest BCUT2D eigenvalue weighted by atomic mass is 9.40. The summed E-state index contributed by atoms with van der Waals surface area (Å²) in [4.78, 5) is 15.6. The second kappa shape index (κ2) is 6.32. The number of hydrogen-bond donors (Lipinski definition) is 1. The van der Waals surface area contributed by atoms with E-state index < -0.39 is 5.97 Å². The van der Waals surface area contributed by atoms with Crippen molar-refractivity contribution in [3.8, 4) is 0 Å². The molecule has 4 rings (SSSR count). The molecule has 3 heteroatoms. The number of nitrogens with zero attached hydrogens (tertiary/aromatic N) is 1. The SMILES string of the molecule is CC1(C)CCC[C@@]2(C)C1CC[C@@]1(C)c3cc(CCC(=O)O)ncc3CC[C@@H]12. The molecular formula is C24H35NO2. The molecule has 0 aromatic carbocycles. The smallest absolute Gasteiger partial charge is 0.303 e. The molecule has 0 radical (unpaired) electrons. The van der Waals surface area contributed by atoms with E-state index in [2.05, 4.69) is 38.7 Å². The number of aliphatic carboxylic acids is 1. The molecular weight excluding hydrogens is 334 g/mol. The van der Waals surface area contributed by atoms with Crippen molar-refractivity contribution >= 4 is 5.97 Å². The lowest BCUT2D eigenvalue weighted by Crippen LogP contribution is -2.57. The molecule has 4 atom stereocenters. The number of rotatable bonds is 3. The van der Waals surface area contributed by atoms with Crippen molar-refractivity contribution in [1.82, 2.24) is 4.98 Å². The minimum absolute atomic E-state index is 0.167. The fourth-order valence-corrected chi connectivity index (χ4v) is 7.55. The van der Waals surface area contributed by atoms with Gasteiger partial charge in [0.25, 0.3) is 0 Å². The molecule has 1 N–H and O–H groups in total. The van der Waals surface area contributed by atoms with E-state index in [1.165, 1.54) is 49.7 Å². The number of hydrogen-bond acceptors (Lipinski definition) is 2. The molecule has 1 unspecified atom stereocenters. The Bertz CT molecular complexity index is 755. The molecule has 3 aliphatic rings. The van der Waals surface area contributed by atoms with Crippen molar-refractivity contribution in [3.05, 3.63) is 29.1 Å². The van der Waals surface area contributed by atoms with Crippen molar-refractivity contribution < 1.29 is 9.90 Å². The fraction of sp³-hybridized carbons (Fsp3) is 0.750. The average Bonchev–Trinajstić information content (AvgIpc) is 2.59. The average molecular weight is 370 g/mol. The molecule has 2 fully saturated rings. The molecule has 1 aromatic rings. The summed E-state index contributed by atoms with van der Waals surface area (Å²) in [5, 5.41) is 9.04. The molecule has 0 saturated heterocycles. The maximum atomic E-state index is 11.0. The highest BCUT2D eigenvalue weighted by molar-refractivity contribution is 5.67. The van der Waals surface area contributed by atoms with Gasteiger partial charge in [-0.3, -0.25) is 9.78 Å². The van der Waals surface area contributed by atoms with Crippen LogP contribution in [0.15, 0.2) is 12.3 Å². The zero-order valence-electron chi connectivity index (χ0n) is 17.5. The van der Waals surface area contributed by atoms with Gasteiger partial charge in [0.2, 0.25) is 0 Å². The van der Waals surface area contributed by atoms with Crippen molar-refractivity contribution in [2.45, 2.75) is 90.9 Å². The highest BCUT2D eigenvalue weighted by Gasteiger charge is 2.59. The molecule has 27 heavy (non-hydrogen) atoms. The number of pyridine rings is 1. The maximum Gasteiger partial charge on any atom is 0.303 e. The molecule has 2 saturated carbocycles. The molecule has 3 aliphatic carbocycles. The van der Waals surface area contributed by atoms with Gasteiger partial charge in [0.1, 0.15) is 0 Å². The summed E-state index contributed by atoms with van der Waals surface area (Å²) in [5.41, 5.74) is 4.94. The van der Waals surface area contributed by atoms with Crippen LogP contribution >= 0.6 is 0 Å². The summed E-state index contributed by atoms with van der Waals surface area (Å²) in [5.74, 6) is 0.813. The van der Waals surface area contributed by atoms with E-state index in [0.29, 0.717) is 17.3 Å². The van der Waals surface area contributed by atoms with E-state index in [1.54, 1.807) is 0 Å². The van der Waals surface area contributed by atoms with E-state index >= 15 is 0 Å². The molecule has 3 nitrogen and oxygen atoms in total. The summed E-state index contributed by atoms with van der Waals surface area (Å²) in [6.07, 6.45) is 11.8. The van der Waals surface area contributed by atoms with Crippen LogP contribution in [0.1, 0.15) is 89.5 Å². The lowest BCUT2D eigenvalue weighted by Gasteiger charge is -2.64. The maximum absolute atomic E-state index is 11.0. The number of carboxylic acids is 1. The Hall–Kier alpha value is -1.38. The summed E-state index contributed by atoms with van der Waals surface area (Å²) in [6.45, 7) is 10.1. The van der Waals surface area contributed by atoms with Crippen molar-refractivity contribution in [3.63, 3.8) is 0 Å². The number of fused-ring (bicyclic) bond motifs is 5. The topological polar surface area (TPSA) is 50.2 Å². The van der Waals surface area contributed by atoms with E-state index in [9.17, 15) is 4.79 Å².